The first-order valence-corrected chi connectivity index (χ1v) is 12.3. The number of ether oxygens (including phenoxy) is 1. The molecule has 3 aromatic carbocycles. The van der Waals surface area contributed by atoms with Gasteiger partial charge in [0.2, 0.25) is 0 Å². The Morgan fingerprint density at radius 1 is 0.861 bits per heavy atom. The topological polar surface area (TPSA) is 59.7 Å². The molecule has 1 heterocycles. The molecular weight excluding hydrogens is 448 g/mol. The highest BCUT2D eigenvalue weighted by molar-refractivity contribution is 5.90. The molecule has 4 nitrogen and oxygen atoms in total. The van der Waals surface area contributed by atoms with Crippen LogP contribution in [0.15, 0.2) is 107 Å². The summed E-state index contributed by atoms with van der Waals surface area (Å²) in [5, 5.41) is 9.01. The largest absolute Gasteiger partial charge is 0.482 e. The van der Waals surface area contributed by atoms with Crippen molar-refractivity contribution in [3.63, 3.8) is 0 Å². The summed E-state index contributed by atoms with van der Waals surface area (Å²) in [4.78, 5) is 11.0. The second-order valence-electron chi connectivity index (χ2n) is 8.74. The van der Waals surface area contributed by atoms with Gasteiger partial charge < -0.3 is 14.3 Å². The van der Waals surface area contributed by atoms with E-state index in [0.29, 0.717) is 5.76 Å². The molecule has 1 aliphatic rings. The number of carboxylic acids is 1. The second-order valence-corrected chi connectivity index (χ2v) is 8.74. The van der Waals surface area contributed by atoms with E-state index in [1.165, 1.54) is 5.56 Å². The van der Waals surface area contributed by atoms with Crippen LogP contribution in [0.1, 0.15) is 30.9 Å². The van der Waals surface area contributed by atoms with Gasteiger partial charge in [-0.15, -0.1) is 0 Å². The SMILES string of the molecule is CCc1c(-c2ccccc2C2=CC(OCC(=O)O)=CCC2)oc(-c2ccccc2)c1-c1ccccc1. The molecule has 0 fully saturated rings. The highest BCUT2D eigenvalue weighted by atomic mass is 16.5. The first-order valence-electron chi connectivity index (χ1n) is 12.3. The Bertz CT molecular complexity index is 1430. The molecular formula is C32H28O4. The Balaban J connectivity index is 1.67. The molecule has 0 bridgehead atoms. The molecule has 0 unspecified atom stereocenters. The minimum atomic E-state index is -0.984. The summed E-state index contributed by atoms with van der Waals surface area (Å²) < 4.78 is 12.2. The fraction of sp³-hybridized carbons (Fsp3) is 0.156. The number of aliphatic carboxylic acids is 1. The molecule has 0 spiro atoms. The van der Waals surface area contributed by atoms with Crippen molar-refractivity contribution in [2.75, 3.05) is 6.61 Å². The highest BCUT2D eigenvalue weighted by Crippen LogP contribution is 2.45. The first kappa shape index (κ1) is 23.4. The van der Waals surface area contributed by atoms with Gasteiger partial charge in [-0.25, -0.2) is 4.79 Å². The Kier molecular flexibility index (Phi) is 6.85. The van der Waals surface area contributed by atoms with E-state index in [-0.39, 0.29) is 6.61 Å². The summed E-state index contributed by atoms with van der Waals surface area (Å²) in [6.45, 7) is 1.81. The van der Waals surface area contributed by atoms with E-state index in [2.05, 4.69) is 55.5 Å². The normalized spacial score (nSPS) is 13.1. The highest BCUT2D eigenvalue weighted by Gasteiger charge is 2.25. The van der Waals surface area contributed by atoms with Crippen molar-refractivity contribution >= 4 is 11.5 Å². The Morgan fingerprint density at radius 2 is 1.50 bits per heavy atom. The summed E-state index contributed by atoms with van der Waals surface area (Å²) in [7, 11) is 0. The molecule has 180 valence electrons. The average molecular weight is 477 g/mol. The monoisotopic (exact) mass is 476 g/mol. The van der Waals surface area contributed by atoms with E-state index in [1.54, 1.807) is 0 Å². The van der Waals surface area contributed by atoms with Gasteiger partial charge in [-0.3, -0.25) is 0 Å². The van der Waals surface area contributed by atoms with Crippen molar-refractivity contribution in [3.8, 4) is 33.8 Å². The number of allylic oxidation sites excluding steroid dienone is 3. The fourth-order valence-corrected chi connectivity index (χ4v) is 4.82. The standard InChI is InChI=1S/C32H28O4/c1-2-26-30(22-12-5-3-6-13-22)31(23-14-7-4-8-15-23)36-32(26)28-19-10-9-18-27(28)24-16-11-17-25(20-24)35-21-29(33)34/h3-10,12-15,17-20H,2,11,16,21H2,1H3,(H,33,34). The van der Waals surface area contributed by atoms with Crippen LogP contribution in [0.5, 0.6) is 0 Å². The summed E-state index contributed by atoms with van der Waals surface area (Å²) >= 11 is 0. The number of furan rings is 1. The van der Waals surface area contributed by atoms with Crippen molar-refractivity contribution in [2.24, 2.45) is 0 Å². The zero-order valence-corrected chi connectivity index (χ0v) is 20.2. The lowest BCUT2D eigenvalue weighted by atomic mass is 9.89. The zero-order chi connectivity index (χ0) is 24.9. The Labute approximate surface area is 211 Å². The fourth-order valence-electron chi connectivity index (χ4n) is 4.82. The van der Waals surface area contributed by atoms with Crippen molar-refractivity contribution in [3.05, 3.63) is 114 Å². The van der Waals surface area contributed by atoms with E-state index >= 15 is 0 Å². The minimum Gasteiger partial charge on any atom is -0.482 e. The average Bonchev–Trinajstić information content (AvgIpc) is 3.32. The van der Waals surface area contributed by atoms with E-state index < -0.39 is 5.97 Å². The molecule has 0 saturated carbocycles. The van der Waals surface area contributed by atoms with Crippen molar-refractivity contribution in [1.29, 1.82) is 0 Å². The number of rotatable bonds is 8. The maximum atomic E-state index is 11.0. The van der Waals surface area contributed by atoms with E-state index in [9.17, 15) is 4.79 Å². The molecule has 1 N–H and O–H groups in total. The van der Waals surface area contributed by atoms with Gasteiger partial charge in [-0.05, 0) is 48.1 Å². The third-order valence-corrected chi connectivity index (χ3v) is 6.41. The zero-order valence-electron chi connectivity index (χ0n) is 20.2. The van der Waals surface area contributed by atoms with Crippen LogP contribution in [-0.4, -0.2) is 17.7 Å². The van der Waals surface area contributed by atoms with Gasteiger partial charge in [0.15, 0.2) is 6.61 Å². The lowest BCUT2D eigenvalue weighted by molar-refractivity contribution is -0.140. The molecule has 36 heavy (non-hydrogen) atoms. The van der Waals surface area contributed by atoms with E-state index in [0.717, 1.165) is 64.2 Å². The van der Waals surface area contributed by atoms with Crippen LogP contribution < -0.4 is 0 Å². The first-order chi connectivity index (χ1) is 17.7. The molecule has 4 heteroatoms. The molecule has 5 rings (SSSR count). The number of hydrogen-bond acceptors (Lipinski definition) is 3. The van der Waals surface area contributed by atoms with Crippen LogP contribution in [0.3, 0.4) is 0 Å². The molecule has 1 aliphatic carbocycles. The van der Waals surface area contributed by atoms with Gasteiger partial charge in [0, 0.05) is 22.3 Å². The smallest absolute Gasteiger partial charge is 0.341 e. The quantitative estimate of drug-likeness (QED) is 0.280. The lowest BCUT2D eigenvalue weighted by Crippen LogP contribution is -2.07. The van der Waals surface area contributed by atoms with Crippen LogP contribution in [0, 0.1) is 0 Å². The maximum absolute atomic E-state index is 11.0. The van der Waals surface area contributed by atoms with Crippen LogP contribution in [0.4, 0.5) is 0 Å². The van der Waals surface area contributed by atoms with Crippen molar-refractivity contribution in [1.82, 2.24) is 0 Å². The van der Waals surface area contributed by atoms with Crippen LogP contribution in [0.2, 0.25) is 0 Å². The van der Waals surface area contributed by atoms with Gasteiger partial charge >= 0.3 is 5.97 Å². The molecule has 4 aromatic rings. The minimum absolute atomic E-state index is 0.351. The summed E-state index contributed by atoms with van der Waals surface area (Å²) in [5.41, 5.74) is 7.67. The molecule has 0 amide bonds. The van der Waals surface area contributed by atoms with E-state index in [4.69, 9.17) is 14.3 Å². The van der Waals surface area contributed by atoms with Gasteiger partial charge in [0.25, 0.3) is 0 Å². The Morgan fingerprint density at radius 3 is 2.17 bits per heavy atom. The predicted molar refractivity (Wildman–Crippen MR) is 143 cm³/mol. The van der Waals surface area contributed by atoms with Crippen LogP contribution in [0.25, 0.3) is 39.3 Å². The van der Waals surface area contributed by atoms with Gasteiger partial charge in [0.1, 0.15) is 17.3 Å². The molecule has 0 aliphatic heterocycles. The van der Waals surface area contributed by atoms with Gasteiger partial charge in [-0.2, -0.15) is 0 Å². The summed E-state index contributed by atoms with van der Waals surface area (Å²) in [6.07, 6.45) is 6.35. The number of benzene rings is 3. The molecule has 0 radical (unpaired) electrons. The van der Waals surface area contributed by atoms with Crippen LogP contribution >= 0.6 is 0 Å². The number of carboxylic acid groups (broad SMARTS) is 1. The maximum Gasteiger partial charge on any atom is 0.341 e. The third-order valence-electron chi connectivity index (χ3n) is 6.41. The third kappa shape index (κ3) is 4.76. The van der Waals surface area contributed by atoms with Gasteiger partial charge in [0.05, 0.1) is 0 Å². The molecule has 1 aromatic heterocycles. The van der Waals surface area contributed by atoms with Crippen molar-refractivity contribution < 1.29 is 19.1 Å². The van der Waals surface area contributed by atoms with Gasteiger partial charge in [-0.1, -0.05) is 91.9 Å². The molecule has 0 saturated heterocycles. The predicted octanol–water partition coefficient (Wildman–Crippen LogP) is 8.01. The lowest BCUT2D eigenvalue weighted by Gasteiger charge is -2.17. The summed E-state index contributed by atoms with van der Waals surface area (Å²) in [5.74, 6) is 1.35. The Hall–Kier alpha value is -4.31. The van der Waals surface area contributed by atoms with E-state index in [1.807, 2.05) is 48.6 Å². The number of hydrogen-bond donors (Lipinski definition) is 1. The van der Waals surface area contributed by atoms with Crippen LogP contribution in [-0.2, 0) is 16.0 Å². The number of carbonyl (C=O) groups is 1. The molecule has 0 atom stereocenters. The second kappa shape index (κ2) is 10.5. The summed E-state index contributed by atoms with van der Waals surface area (Å²) in [6, 6.07) is 28.9. The van der Waals surface area contributed by atoms with Crippen molar-refractivity contribution in [2.45, 2.75) is 26.2 Å².